The molecule has 2 saturated carbocycles. The van der Waals surface area contributed by atoms with Crippen LogP contribution in [0.3, 0.4) is 0 Å². The van der Waals surface area contributed by atoms with Crippen molar-refractivity contribution < 1.29 is 19.7 Å². The van der Waals surface area contributed by atoms with Crippen LogP contribution < -0.4 is 0 Å². The van der Waals surface area contributed by atoms with Gasteiger partial charge in [0, 0.05) is 14.2 Å². The minimum Gasteiger partial charge on any atom is -0.393 e. The highest BCUT2D eigenvalue weighted by molar-refractivity contribution is 4.78. The van der Waals surface area contributed by atoms with Gasteiger partial charge in [-0.25, -0.2) is 0 Å². The summed E-state index contributed by atoms with van der Waals surface area (Å²) in [4.78, 5) is 0. The summed E-state index contributed by atoms with van der Waals surface area (Å²) < 4.78 is 9.79. The molecule has 0 aromatic carbocycles. The monoisotopic (exact) mass is 204 g/mol. The van der Waals surface area contributed by atoms with E-state index in [1.807, 2.05) is 0 Å². The molecule has 0 aromatic rings. The van der Waals surface area contributed by atoms with Crippen molar-refractivity contribution in [3.63, 3.8) is 0 Å². The van der Waals surface area contributed by atoms with E-state index in [1.165, 1.54) is 0 Å². The third kappa shape index (κ3) is 3.53. The van der Waals surface area contributed by atoms with E-state index in [1.54, 1.807) is 14.2 Å². The maximum atomic E-state index is 8.67. The molecule has 0 spiro atoms. The van der Waals surface area contributed by atoms with Gasteiger partial charge in [0.05, 0.1) is 24.4 Å². The van der Waals surface area contributed by atoms with Crippen LogP contribution in [0, 0.1) is 0 Å². The highest BCUT2D eigenvalue weighted by Gasteiger charge is 2.26. The molecule has 2 N–H and O–H groups in total. The van der Waals surface area contributed by atoms with Gasteiger partial charge in [0.1, 0.15) is 0 Å². The molecule has 0 radical (unpaired) electrons. The van der Waals surface area contributed by atoms with Crippen LogP contribution in [0.25, 0.3) is 0 Å². The molecule has 0 aromatic heterocycles. The molecule has 4 nitrogen and oxygen atoms in total. The number of ether oxygens (including phenoxy) is 2. The second-order valence-electron chi connectivity index (χ2n) is 3.97. The molecule has 0 unspecified atom stereocenters. The summed E-state index contributed by atoms with van der Waals surface area (Å²) in [7, 11) is 3.35. The van der Waals surface area contributed by atoms with Gasteiger partial charge in [-0.3, -0.25) is 0 Å². The topological polar surface area (TPSA) is 58.9 Å². The van der Waals surface area contributed by atoms with Crippen molar-refractivity contribution in [3.8, 4) is 0 Å². The van der Waals surface area contributed by atoms with Crippen LogP contribution >= 0.6 is 0 Å². The van der Waals surface area contributed by atoms with Crippen molar-refractivity contribution in [1.82, 2.24) is 0 Å². The van der Waals surface area contributed by atoms with E-state index in [-0.39, 0.29) is 12.2 Å². The van der Waals surface area contributed by atoms with Gasteiger partial charge >= 0.3 is 0 Å². The summed E-state index contributed by atoms with van der Waals surface area (Å²) >= 11 is 0. The SMILES string of the molecule is COC1CC(O)C1.COC1CC(O)C1. The van der Waals surface area contributed by atoms with Gasteiger partial charge in [-0.15, -0.1) is 0 Å². The number of aliphatic hydroxyl groups excluding tert-OH is 2. The molecule has 2 fully saturated rings. The smallest absolute Gasteiger partial charge is 0.0620 e. The van der Waals surface area contributed by atoms with Crippen LogP contribution in [0.1, 0.15) is 25.7 Å². The second-order valence-corrected chi connectivity index (χ2v) is 3.97. The number of hydrogen-bond acceptors (Lipinski definition) is 4. The number of hydrogen-bond donors (Lipinski definition) is 2. The van der Waals surface area contributed by atoms with Gasteiger partial charge in [-0.05, 0) is 25.7 Å². The molecule has 84 valence electrons. The molecule has 14 heavy (non-hydrogen) atoms. The van der Waals surface area contributed by atoms with Gasteiger partial charge < -0.3 is 19.7 Å². The Labute approximate surface area is 84.8 Å². The largest absolute Gasteiger partial charge is 0.393 e. The van der Waals surface area contributed by atoms with Gasteiger partial charge in [-0.2, -0.15) is 0 Å². The first-order valence-corrected chi connectivity index (χ1v) is 5.07. The molecule has 0 heterocycles. The van der Waals surface area contributed by atoms with Crippen LogP contribution in [-0.2, 0) is 9.47 Å². The summed E-state index contributed by atoms with van der Waals surface area (Å²) in [5.41, 5.74) is 0. The van der Waals surface area contributed by atoms with Crippen LogP contribution in [0.15, 0.2) is 0 Å². The van der Waals surface area contributed by atoms with Crippen LogP contribution in [0.4, 0.5) is 0 Å². The van der Waals surface area contributed by atoms with Gasteiger partial charge in [-0.1, -0.05) is 0 Å². The summed E-state index contributed by atoms with van der Waals surface area (Å²) in [6.45, 7) is 0. The zero-order valence-corrected chi connectivity index (χ0v) is 8.85. The van der Waals surface area contributed by atoms with Crippen molar-refractivity contribution in [2.24, 2.45) is 0 Å². The number of methoxy groups -OCH3 is 2. The zero-order valence-electron chi connectivity index (χ0n) is 8.85. The first kappa shape index (κ1) is 11.9. The van der Waals surface area contributed by atoms with E-state index in [2.05, 4.69) is 0 Å². The van der Waals surface area contributed by atoms with Gasteiger partial charge in [0.2, 0.25) is 0 Å². The van der Waals surface area contributed by atoms with Crippen molar-refractivity contribution in [2.45, 2.75) is 50.1 Å². The Hall–Kier alpha value is -0.160. The van der Waals surface area contributed by atoms with Crippen LogP contribution in [0.5, 0.6) is 0 Å². The fourth-order valence-electron chi connectivity index (χ4n) is 1.46. The van der Waals surface area contributed by atoms with Gasteiger partial charge in [0.25, 0.3) is 0 Å². The van der Waals surface area contributed by atoms with Gasteiger partial charge in [0.15, 0.2) is 0 Å². The maximum Gasteiger partial charge on any atom is 0.0620 e. The minimum absolute atomic E-state index is 0.0788. The standard InChI is InChI=1S/2C5H10O2/c2*1-7-5-2-4(6)3-5/h2*4-6H,2-3H2,1H3. The summed E-state index contributed by atoms with van der Waals surface area (Å²) in [5.74, 6) is 0. The molecule has 0 atom stereocenters. The summed E-state index contributed by atoms with van der Waals surface area (Å²) in [6, 6.07) is 0. The Kier molecular flexibility index (Phi) is 4.81. The van der Waals surface area contributed by atoms with E-state index in [0.717, 1.165) is 25.7 Å². The van der Waals surface area contributed by atoms with E-state index in [4.69, 9.17) is 19.7 Å². The molecule has 2 aliphatic carbocycles. The number of rotatable bonds is 2. The quantitative estimate of drug-likeness (QED) is 0.679. The Morgan fingerprint density at radius 3 is 1.14 bits per heavy atom. The molecule has 0 saturated heterocycles. The lowest BCUT2D eigenvalue weighted by atomic mass is 9.92. The van der Waals surface area contributed by atoms with Crippen LogP contribution in [-0.4, -0.2) is 48.8 Å². The second kappa shape index (κ2) is 5.66. The van der Waals surface area contributed by atoms with Crippen molar-refractivity contribution in [1.29, 1.82) is 0 Å². The third-order valence-corrected chi connectivity index (χ3v) is 2.81. The molecule has 2 aliphatic rings. The predicted octanol–water partition coefficient (Wildman–Crippen LogP) is 0.312. The predicted molar refractivity (Wildman–Crippen MR) is 52.1 cm³/mol. The fraction of sp³-hybridized carbons (Fsp3) is 1.00. The van der Waals surface area contributed by atoms with E-state index < -0.39 is 0 Å². The van der Waals surface area contributed by atoms with Crippen molar-refractivity contribution in [2.75, 3.05) is 14.2 Å². The number of aliphatic hydroxyl groups is 2. The van der Waals surface area contributed by atoms with Crippen molar-refractivity contribution in [3.05, 3.63) is 0 Å². The average Bonchev–Trinajstić information content (AvgIpc) is 2.08. The van der Waals surface area contributed by atoms with E-state index >= 15 is 0 Å². The lowest BCUT2D eigenvalue weighted by molar-refractivity contribution is -0.0502. The normalized spacial score (nSPS) is 40.3. The Bertz CT molecular complexity index is 132. The molecular formula is C10H20O4. The highest BCUT2D eigenvalue weighted by atomic mass is 16.5. The average molecular weight is 204 g/mol. The lowest BCUT2D eigenvalue weighted by Crippen LogP contribution is -2.34. The Morgan fingerprint density at radius 2 is 1.07 bits per heavy atom. The summed E-state index contributed by atoms with van der Waals surface area (Å²) in [6.07, 6.45) is 3.85. The molecular weight excluding hydrogens is 184 g/mol. The Balaban J connectivity index is 0.000000140. The molecule has 0 aliphatic heterocycles. The molecule has 0 bridgehead atoms. The summed E-state index contributed by atoms with van der Waals surface area (Å²) in [5, 5.41) is 17.3. The maximum absolute atomic E-state index is 8.67. The minimum atomic E-state index is -0.0788. The van der Waals surface area contributed by atoms with E-state index in [9.17, 15) is 0 Å². The molecule has 4 heteroatoms. The van der Waals surface area contributed by atoms with Crippen molar-refractivity contribution >= 4 is 0 Å². The van der Waals surface area contributed by atoms with Crippen LogP contribution in [0.2, 0.25) is 0 Å². The fourth-order valence-corrected chi connectivity index (χ4v) is 1.46. The van der Waals surface area contributed by atoms with E-state index in [0.29, 0.717) is 12.2 Å². The molecule has 2 rings (SSSR count). The third-order valence-electron chi connectivity index (χ3n) is 2.81. The Morgan fingerprint density at radius 1 is 0.786 bits per heavy atom. The zero-order chi connectivity index (χ0) is 10.6. The molecule has 0 amide bonds. The highest BCUT2D eigenvalue weighted by Crippen LogP contribution is 2.21. The lowest BCUT2D eigenvalue weighted by Gasteiger charge is -2.29. The first-order chi connectivity index (χ1) is 6.65. The first-order valence-electron chi connectivity index (χ1n) is 5.07.